The van der Waals surface area contributed by atoms with E-state index in [0.717, 1.165) is 33.0 Å². The summed E-state index contributed by atoms with van der Waals surface area (Å²) >= 11 is 0. The third kappa shape index (κ3) is 2.58. The Labute approximate surface area is 132 Å². The lowest BCUT2D eigenvalue weighted by Crippen LogP contribution is -2.16. The molecule has 2 aromatic carbocycles. The number of benzene rings is 2. The number of Topliss-reactive ketones (excluding diaryl/α,β-unsaturated/α-hetero) is 2. The third-order valence-corrected chi connectivity index (χ3v) is 4.32. The maximum atomic E-state index is 12.7. The first-order chi connectivity index (χ1) is 10.3. The van der Waals surface area contributed by atoms with E-state index in [2.05, 4.69) is 0 Å². The van der Waals surface area contributed by atoms with Crippen LogP contribution in [0.5, 0.6) is 0 Å². The molecule has 0 amide bonds. The van der Waals surface area contributed by atoms with Crippen LogP contribution in [0.4, 0.5) is 0 Å². The number of carbonyl (C=O) groups excluding carboxylic acids is 2. The van der Waals surface area contributed by atoms with Crippen LogP contribution in [-0.2, 0) is 0 Å². The second-order valence-corrected chi connectivity index (χ2v) is 6.58. The van der Waals surface area contributed by atoms with Crippen LogP contribution in [0.15, 0.2) is 24.3 Å². The Morgan fingerprint density at radius 2 is 1.05 bits per heavy atom. The van der Waals surface area contributed by atoms with Crippen molar-refractivity contribution in [3.63, 3.8) is 0 Å². The molecular weight excluding hydrogens is 272 g/mol. The van der Waals surface area contributed by atoms with Gasteiger partial charge >= 0.3 is 0 Å². The van der Waals surface area contributed by atoms with Gasteiger partial charge in [-0.15, -0.1) is 0 Å². The summed E-state index contributed by atoms with van der Waals surface area (Å²) in [7, 11) is 0. The molecule has 2 aromatic rings. The molecule has 0 radical (unpaired) electrons. The maximum absolute atomic E-state index is 12.7. The van der Waals surface area contributed by atoms with Crippen molar-refractivity contribution in [2.75, 3.05) is 0 Å². The van der Waals surface area contributed by atoms with Gasteiger partial charge < -0.3 is 0 Å². The highest BCUT2D eigenvalue weighted by atomic mass is 16.1. The van der Waals surface area contributed by atoms with Crippen molar-refractivity contribution >= 4 is 22.3 Å². The number of ketones is 2. The average molecular weight is 296 g/mol. The molecule has 0 N–H and O–H groups in total. The minimum atomic E-state index is -0.0619. The lowest BCUT2D eigenvalue weighted by molar-refractivity contribution is 0.0929. The van der Waals surface area contributed by atoms with E-state index in [-0.39, 0.29) is 23.4 Å². The zero-order valence-corrected chi connectivity index (χ0v) is 14.3. The van der Waals surface area contributed by atoms with E-state index in [4.69, 9.17) is 0 Å². The molecule has 0 aliphatic rings. The number of hydrogen-bond donors (Lipinski definition) is 0. The van der Waals surface area contributed by atoms with Crippen molar-refractivity contribution in [3.05, 3.63) is 46.5 Å². The van der Waals surface area contributed by atoms with Gasteiger partial charge in [0.15, 0.2) is 11.6 Å². The second-order valence-electron chi connectivity index (χ2n) is 6.58. The molecular formula is C20H24O2. The van der Waals surface area contributed by atoms with Crippen molar-refractivity contribution in [2.24, 2.45) is 11.8 Å². The molecule has 0 atom stereocenters. The van der Waals surface area contributed by atoms with E-state index in [0.29, 0.717) is 0 Å². The van der Waals surface area contributed by atoms with Gasteiger partial charge in [0.2, 0.25) is 0 Å². The largest absolute Gasteiger partial charge is 0.294 e. The van der Waals surface area contributed by atoms with Crippen molar-refractivity contribution in [1.82, 2.24) is 0 Å². The SMILES string of the molecule is Cc1c(C)c(C(=O)C(C)C)c2ccccc2c1C(=O)C(C)C. The summed E-state index contributed by atoms with van der Waals surface area (Å²) in [5, 5.41) is 1.79. The first kappa shape index (κ1) is 16.4. The monoisotopic (exact) mass is 296 g/mol. The molecule has 2 nitrogen and oxygen atoms in total. The average Bonchev–Trinajstić information content (AvgIpc) is 2.47. The van der Waals surface area contributed by atoms with E-state index in [9.17, 15) is 9.59 Å². The van der Waals surface area contributed by atoms with Crippen LogP contribution in [0.1, 0.15) is 59.5 Å². The Bertz CT molecular complexity index is 687. The van der Waals surface area contributed by atoms with Crippen LogP contribution in [-0.4, -0.2) is 11.6 Å². The van der Waals surface area contributed by atoms with Crippen molar-refractivity contribution in [2.45, 2.75) is 41.5 Å². The van der Waals surface area contributed by atoms with E-state index < -0.39 is 0 Å². The fourth-order valence-electron chi connectivity index (χ4n) is 2.91. The predicted molar refractivity (Wildman–Crippen MR) is 91.8 cm³/mol. The first-order valence-electron chi connectivity index (χ1n) is 7.87. The molecule has 0 heterocycles. The van der Waals surface area contributed by atoms with Gasteiger partial charge in [-0.3, -0.25) is 9.59 Å². The van der Waals surface area contributed by atoms with E-state index >= 15 is 0 Å². The lowest BCUT2D eigenvalue weighted by atomic mass is 9.83. The summed E-state index contributed by atoms with van der Waals surface area (Å²) in [6, 6.07) is 7.76. The normalized spacial score (nSPS) is 11.5. The summed E-state index contributed by atoms with van der Waals surface area (Å²) < 4.78 is 0. The number of carbonyl (C=O) groups is 2. The molecule has 0 unspecified atom stereocenters. The minimum Gasteiger partial charge on any atom is -0.294 e. The summed E-state index contributed by atoms with van der Waals surface area (Å²) in [5.41, 5.74) is 3.40. The fraction of sp³-hybridized carbons (Fsp3) is 0.400. The Morgan fingerprint density at radius 1 is 0.727 bits per heavy atom. The summed E-state index contributed by atoms with van der Waals surface area (Å²) in [5.74, 6) is 0.155. The second kappa shape index (κ2) is 6.04. The summed E-state index contributed by atoms with van der Waals surface area (Å²) in [4.78, 5) is 25.3. The van der Waals surface area contributed by atoms with Gasteiger partial charge in [-0.1, -0.05) is 52.0 Å². The van der Waals surface area contributed by atoms with Gasteiger partial charge in [-0.25, -0.2) is 0 Å². The Kier molecular flexibility index (Phi) is 4.50. The number of hydrogen-bond acceptors (Lipinski definition) is 2. The predicted octanol–water partition coefficient (Wildman–Crippen LogP) is 5.13. The zero-order chi connectivity index (χ0) is 16.6. The first-order valence-corrected chi connectivity index (χ1v) is 7.87. The van der Waals surface area contributed by atoms with Crippen LogP contribution < -0.4 is 0 Å². The lowest BCUT2D eigenvalue weighted by Gasteiger charge is -2.19. The fourth-order valence-corrected chi connectivity index (χ4v) is 2.91. The quantitative estimate of drug-likeness (QED) is 0.733. The van der Waals surface area contributed by atoms with Crippen molar-refractivity contribution < 1.29 is 9.59 Å². The zero-order valence-electron chi connectivity index (χ0n) is 14.3. The van der Waals surface area contributed by atoms with Crippen molar-refractivity contribution in [3.8, 4) is 0 Å². The van der Waals surface area contributed by atoms with Gasteiger partial charge in [-0.05, 0) is 35.7 Å². The standard InChI is InChI=1S/C20H24O2/c1-11(2)19(21)17-13(5)14(6)18(20(22)12(3)4)16-10-8-7-9-15(16)17/h7-12H,1-6H3. The van der Waals surface area contributed by atoms with Crippen molar-refractivity contribution in [1.29, 1.82) is 0 Å². The van der Waals surface area contributed by atoms with E-state index in [1.54, 1.807) is 0 Å². The molecule has 2 rings (SSSR count). The van der Waals surface area contributed by atoms with Gasteiger partial charge in [0.25, 0.3) is 0 Å². The van der Waals surface area contributed by atoms with Crippen LogP contribution >= 0.6 is 0 Å². The minimum absolute atomic E-state index is 0.0619. The van der Waals surface area contributed by atoms with Gasteiger partial charge in [0, 0.05) is 23.0 Å². The van der Waals surface area contributed by atoms with Crippen LogP contribution in [0.25, 0.3) is 10.8 Å². The molecule has 0 fully saturated rings. The molecule has 22 heavy (non-hydrogen) atoms. The van der Waals surface area contributed by atoms with Gasteiger partial charge in [0.1, 0.15) is 0 Å². The highest BCUT2D eigenvalue weighted by Crippen LogP contribution is 2.33. The topological polar surface area (TPSA) is 34.1 Å². The molecule has 0 saturated heterocycles. The molecule has 0 bridgehead atoms. The molecule has 0 aliphatic carbocycles. The molecule has 0 aliphatic heterocycles. The smallest absolute Gasteiger partial charge is 0.166 e. The highest BCUT2D eigenvalue weighted by Gasteiger charge is 2.24. The maximum Gasteiger partial charge on any atom is 0.166 e. The highest BCUT2D eigenvalue weighted by molar-refractivity contribution is 6.17. The molecule has 0 saturated carbocycles. The van der Waals surface area contributed by atoms with E-state index in [1.165, 1.54) is 0 Å². The summed E-state index contributed by atoms with van der Waals surface area (Å²) in [6.07, 6.45) is 0. The molecule has 116 valence electrons. The molecule has 0 aromatic heterocycles. The summed E-state index contributed by atoms with van der Waals surface area (Å²) in [6.45, 7) is 11.6. The van der Waals surface area contributed by atoms with Gasteiger partial charge in [-0.2, -0.15) is 0 Å². The van der Waals surface area contributed by atoms with Crippen LogP contribution in [0.2, 0.25) is 0 Å². The Morgan fingerprint density at radius 3 is 1.32 bits per heavy atom. The third-order valence-electron chi connectivity index (χ3n) is 4.32. The van der Waals surface area contributed by atoms with Gasteiger partial charge in [0.05, 0.1) is 0 Å². The van der Waals surface area contributed by atoms with Crippen LogP contribution in [0.3, 0.4) is 0 Å². The molecule has 2 heteroatoms. The Balaban J connectivity index is 2.93. The number of rotatable bonds is 4. The number of fused-ring (bicyclic) bond motifs is 1. The van der Waals surface area contributed by atoms with E-state index in [1.807, 2.05) is 65.8 Å². The van der Waals surface area contributed by atoms with Crippen LogP contribution in [0, 0.1) is 25.7 Å². The molecule has 0 spiro atoms. The Hall–Kier alpha value is -1.96.